The summed E-state index contributed by atoms with van der Waals surface area (Å²) >= 11 is 0. The van der Waals surface area contributed by atoms with Crippen molar-refractivity contribution in [1.29, 1.82) is 5.39 Å². The number of aliphatic hydroxyl groups is 1. The minimum absolute atomic E-state index is 0.118. The Morgan fingerprint density at radius 2 is 2.00 bits per heavy atom. The highest BCUT2D eigenvalue weighted by atomic mass is 16.5. The van der Waals surface area contributed by atoms with Gasteiger partial charge in [0.15, 0.2) is 10.7 Å². The Balaban J connectivity index is 4.22. The minimum atomic E-state index is -0.866. The van der Waals surface area contributed by atoms with Crippen molar-refractivity contribution < 1.29 is 14.6 Å². The van der Waals surface area contributed by atoms with Crippen molar-refractivity contribution in [3.05, 3.63) is 41.7 Å². The van der Waals surface area contributed by atoms with Gasteiger partial charge < -0.3 is 9.84 Å². The summed E-state index contributed by atoms with van der Waals surface area (Å²) in [7, 11) is 0. The Morgan fingerprint density at radius 1 is 1.44 bits per heavy atom. The van der Waals surface area contributed by atoms with Crippen LogP contribution in [-0.2, 0) is 9.53 Å². The summed E-state index contributed by atoms with van der Waals surface area (Å²) in [6.45, 7) is 10.4. The van der Waals surface area contributed by atoms with Crippen LogP contribution < -0.4 is 0 Å². The van der Waals surface area contributed by atoms with E-state index in [2.05, 4.69) is 18.1 Å². The third-order valence-electron chi connectivity index (χ3n) is 2.05. The Kier molecular flexibility index (Phi) is 7.90. The fourth-order valence-electron chi connectivity index (χ4n) is 1.22. The van der Waals surface area contributed by atoms with E-state index in [1.807, 2.05) is 4.90 Å². The van der Waals surface area contributed by atoms with Gasteiger partial charge in [0.2, 0.25) is 5.39 Å². The van der Waals surface area contributed by atoms with Crippen LogP contribution in [0.25, 0.3) is 4.98 Å². The molecule has 0 radical (unpaired) electrons. The first-order chi connectivity index (χ1) is 8.56. The number of esters is 1. The lowest BCUT2D eigenvalue weighted by Crippen LogP contribution is -2.28. The normalized spacial score (nSPS) is 11.4. The maximum absolute atomic E-state index is 11.4. The first-order valence-corrected chi connectivity index (χ1v) is 5.43. The Bertz CT molecular complexity index is 369. The summed E-state index contributed by atoms with van der Waals surface area (Å²) in [5.41, 5.74) is -0.492. The lowest BCUT2D eigenvalue weighted by atomic mass is 10.4. The van der Waals surface area contributed by atoms with Crippen LogP contribution in [0, 0.1) is 5.39 Å². The van der Waals surface area contributed by atoms with Crippen molar-refractivity contribution in [2.45, 2.75) is 6.92 Å². The number of hydrogen-bond acceptors (Lipinski definition) is 5. The van der Waals surface area contributed by atoms with Gasteiger partial charge in [0.05, 0.1) is 0 Å². The lowest BCUT2D eigenvalue weighted by Gasteiger charge is -2.17. The van der Waals surface area contributed by atoms with Crippen LogP contribution in [-0.4, -0.2) is 42.2 Å². The molecule has 0 aliphatic rings. The maximum Gasteiger partial charge on any atom is 0.504 e. The second-order valence-corrected chi connectivity index (χ2v) is 3.51. The SMILES string of the molecule is C=CCN(CC=C)CCOC(=O)/C([N+]#N)=C(/C)O. The zero-order valence-corrected chi connectivity index (χ0v) is 10.5. The highest BCUT2D eigenvalue weighted by Crippen LogP contribution is 2.05. The zero-order chi connectivity index (χ0) is 14.0. The van der Waals surface area contributed by atoms with E-state index in [4.69, 9.17) is 15.2 Å². The van der Waals surface area contributed by atoms with Crippen LogP contribution in [0.2, 0.25) is 0 Å². The van der Waals surface area contributed by atoms with E-state index in [0.29, 0.717) is 19.6 Å². The van der Waals surface area contributed by atoms with E-state index >= 15 is 0 Å². The molecule has 0 amide bonds. The molecule has 0 bridgehead atoms. The molecule has 0 fully saturated rings. The van der Waals surface area contributed by atoms with Gasteiger partial charge in [-0.3, -0.25) is 4.90 Å². The van der Waals surface area contributed by atoms with Crippen molar-refractivity contribution in [2.75, 3.05) is 26.2 Å². The van der Waals surface area contributed by atoms with Crippen LogP contribution in [0.1, 0.15) is 6.92 Å². The molecule has 6 nitrogen and oxygen atoms in total. The molecule has 0 aromatic heterocycles. The highest BCUT2D eigenvalue weighted by molar-refractivity contribution is 5.90. The van der Waals surface area contributed by atoms with Crippen LogP contribution in [0.15, 0.2) is 36.8 Å². The third kappa shape index (κ3) is 5.82. The van der Waals surface area contributed by atoms with Gasteiger partial charge in [-0.2, -0.15) is 0 Å². The molecule has 0 aliphatic carbocycles. The van der Waals surface area contributed by atoms with Gasteiger partial charge >= 0.3 is 11.7 Å². The number of carbonyl (C=O) groups is 1. The van der Waals surface area contributed by atoms with Crippen molar-refractivity contribution >= 4 is 5.97 Å². The van der Waals surface area contributed by atoms with Crippen molar-refractivity contribution in [3.63, 3.8) is 0 Å². The van der Waals surface area contributed by atoms with Crippen LogP contribution in [0.3, 0.4) is 0 Å². The average Bonchev–Trinajstić information content (AvgIpc) is 2.30. The molecule has 0 unspecified atom stereocenters. The summed E-state index contributed by atoms with van der Waals surface area (Å²) in [6, 6.07) is 0. The summed E-state index contributed by atoms with van der Waals surface area (Å²) in [5.74, 6) is -1.26. The lowest BCUT2D eigenvalue weighted by molar-refractivity contribution is -0.139. The highest BCUT2D eigenvalue weighted by Gasteiger charge is 2.28. The van der Waals surface area contributed by atoms with E-state index in [1.165, 1.54) is 6.92 Å². The summed E-state index contributed by atoms with van der Waals surface area (Å²) in [6.07, 6.45) is 3.47. The quantitative estimate of drug-likeness (QED) is 0.234. The number of aliphatic hydroxyl groups excluding tert-OH is 1. The maximum atomic E-state index is 11.4. The van der Waals surface area contributed by atoms with E-state index in [0.717, 1.165) is 0 Å². The Hall–Kier alpha value is -2.13. The van der Waals surface area contributed by atoms with Gasteiger partial charge in [-0.1, -0.05) is 12.2 Å². The number of hydrogen-bond donors (Lipinski definition) is 1. The molecule has 0 atom stereocenters. The molecule has 98 valence electrons. The monoisotopic (exact) mass is 252 g/mol. The standard InChI is InChI=1S/C12H17N3O3/c1-4-6-15(7-5-2)8-9-18-12(17)11(14-13)10(3)16/h4-5H,1-2,6-9H2,3H3/p+1. The molecule has 18 heavy (non-hydrogen) atoms. The molecule has 0 saturated carbocycles. The molecule has 0 aromatic carbocycles. The van der Waals surface area contributed by atoms with Gasteiger partial charge in [0.25, 0.3) is 0 Å². The van der Waals surface area contributed by atoms with Crippen molar-refractivity contribution in [3.8, 4) is 0 Å². The minimum Gasteiger partial charge on any atom is -0.505 e. The Labute approximate surface area is 106 Å². The molecule has 0 aromatic rings. The van der Waals surface area contributed by atoms with E-state index < -0.39 is 17.4 Å². The molecule has 0 saturated heterocycles. The predicted octanol–water partition coefficient (Wildman–Crippen LogP) is 1.85. The molecule has 6 heteroatoms. The largest absolute Gasteiger partial charge is 0.505 e. The van der Waals surface area contributed by atoms with Gasteiger partial charge in [-0.15, -0.1) is 13.2 Å². The number of ether oxygens (including phenoxy) is 1. The number of diazo groups is 1. The second kappa shape index (κ2) is 8.96. The number of nitrogens with zero attached hydrogens (tertiary/aromatic N) is 3. The third-order valence-corrected chi connectivity index (χ3v) is 2.05. The van der Waals surface area contributed by atoms with E-state index in [-0.39, 0.29) is 6.61 Å². The van der Waals surface area contributed by atoms with E-state index in [1.54, 1.807) is 12.2 Å². The molecular weight excluding hydrogens is 234 g/mol. The number of rotatable bonds is 8. The average molecular weight is 252 g/mol. The fourth-order valence-corrected chi connectivity index (χ4v) is 1.22. The molecule has 1 N–H and O–H groups in total. The fraction of sp³-hybridized carbons (Fsp3) is 0.417. The predicted molar refractivity (Wildman–Crippen MR) is 68.2 cm³/mol. The summed E-state index contributed by atoms with van der Waals surface area (Å²) < 4.78 is 4.86. The van der Waals surface area contributed by atoms with Crippen LogP contribution >= 0.6 is 0 Å². The first kappa shape index (κ1) is 15.9. The van der Waals surface area contributed by atoms with Crippen molar-refractivity contribution in [2.24, 2.45) is 0 Å². The Morgan fingerprint density at radius 3 is 2.39 bits per heavy atom. The second-order valence-electron chi connectivity index (χ2n) is 3.51. The molecule has 0 heterocycles. The van der Waals surface area contributed by atoms with Gasteiger partial charge in [0.1, 0.15) is 6.61 Å². The molecule has 0 rings (SSSR count). The van der Waals surface area contributed by atoms with Crippen LogP contribution in [0.5, 0.6) is 0 Å². The summed E-state index contributed by atoms with van der Waals surface area (Å²) in [5, 5.41) is 17.6. The summed E-state index contributed by atoms with van der Waals surface area (Å²) in [4.78, 5) is 16.0. The van der Waals surface area contributed by atoms with Gasteiger partial charge in [0, 0.05) is 26.6 Å². The zero-order valence-electron chi connectivity index (χ0n) is 10.5. The van der Waals surface area contributed by atoms with Crippen LogP contribution in [0.4, 0.5) is 0 Å². The van der Waals surface area contributed by atoms with Crippen molar-refractivity contribution in [1.82, 2.24) is 4.90 Å². The first-order valence-electron chi connectivity index (χ1n) is 5.43. The number of carbonyl (C=O) groups excluding carboxylic acids is 1. The van der Waals surface area contributed by atoms with E-state index in [9.17, 15) is 4.79 Å². The smallest absolute Gasteiger partial charge is 0.504 e. The van der Waals surface area contributed by atoms with Gasteiger partial charge in [-0.05, 0) is 0 Å². The molecule has 0 spiro atoms. The van der Waals surface area contributed by atoms with Gasteiger partial charge in [-0.25, -0.2) is 4.79 Å². The topological polar surface area (TPSA) is 77.9 Å². The number of allylic oxidation sites excluding steroid dienone is 1. The molecule has 0 aliphatic heterocycles. The molecular formula is C12H18N3O3+.